The van der Waals surface area contributed by atoms with Crippen molar-refractivity contribution in [3.63, 3.8) is 0 Å². The van der Waals surface area contributed by atoms with Gasteiger partial charge in [-0.3, -0.25) is 0 Å². The molecule has 8 heteroatoms. The zero-order valence-electron chi connectivity index (χ0n) is 10.4. The van der Waals surface area contributed by atoms with Crippen LogP contribution in [-0.2, 0) is 29.2 Å². The highest BCUT2D eigenvalue weighted by Crippen LogP contribution is 2.28. The van der Waals surface area contributed by atoms with Gasteiger partial charge in [0, 0.05) is 11.5 Å². The van der Waals surface area contributed by atoms with Gasteiger partial charge in [0.25, 0.3) is 4.08 Å². The van der Waals surface area contributed by atoms with Crippen LogP contribution < -0.4 is 0 Å². The molecule has 0 heterocycles. The molecule has 0 amide bonds. The maximum Gasteiger partial charge on any atom is 0.342 e. The summed E-state index contributed by atoms with van der Waals surface area (Å²) in [5.41, 5.74) is 0. The third-order valence-electron chi connectivity index (χ3n) is 2.59. The molecule has 0 radical (unpaired) electrons. The molecule has 17 heavy (non-hydrogen) atoms. The van der Waals surface area contributed by atoms with Crippen molar-refractivity contribution in [1.29, 1.82) is 0 Å². The number of esters is 1. The highest BCUT2D eigenvalue weighted by molar-refractivity contribution is 8.11. The van der Waals surface area contributed by atoms with Crippen molar-refractivity contribution in [2.75, 3.05) is 18.1 Å². The lowest BCUT2D eigenvalue weighted by Gasteiger charge is -2.25. The van der Waals surface area contributed by atoms with E-state index in [0.717, 1.165) is 6.92 Å². The molecule has 0 N–H and O–H groups in total. The molecule has 0 rings (SSSR count). The van der Waals surface area contributed by atoms with E-state index in [1.807, 2.05) is 0 Å². The van der Waals surface area contributed by atoms with Crippen LogP contribution in [-0.4, -0.2) is 45.0 Å². The van der Waals surface area contributed by atoms with Crippen LogP contribution in [0.5, 0.6) is 0 Å². The first-order valence-corrected chi connectivity index (χ1v) is 8.53. The largest absolute Gasteiger partial charge is 0.464 e. The van der Waals surface area contributed by atoms with Gasteiger partial charge in [-0.25, -0.2) is 21.6 Å². The molecule has 0 fully saturated rings. The summed E-state index contributed by atoms with van der Waals surface area (Å²) in [6, 6.07) is 0. The Morgan fingerprint density at radius 2 is 1.35 bits per heavy atom. The summed E-state index contributed by atoms with van der Waals surface area (Å²) in [6.07, 6.45) is 0. The normalized spacial score (nSPS) is 13.4. The Morgan fingerprint density at radius 1 is 1.00 bits per heavy atom. The van der Waals surface area contributed by atoms with Crippen LogP contribution in [0, 0.1) is 0 Å². The van der Waals surface area contributed by atoms with E-state index in [1.165, 1.54) is 20.8 Å². The maximum atomic E-state index is 11.9. The van der Waals surface area contributed by atoms with Crippen LogP contribution in [0.1, 0.15) is 27.7 Å². The van der Waals surface area contributed by atoms with Gasteiger partial charge in [-0.2, -0.15) is 0 Å². The maximum absolute atomic E-state index is 11.9. The fraction of sp³-hybridized carbons (Fsp3) is 0.889. The van der Waals surface area contributed by atoms with Gasteiger partial charge in [-0.05, 0) is 13.8 Å². The van der Waals surface area contributed by atoms with Gasteiger partial charge in [0.2, 0.25) is 0 Å². The van der Waals surface area contributed by atoms with Crippen LogP contribution in [0.3, 0.4) is 0 Å². The molecule has 0 aliphatic carbocycles. The van der Waals surface area contributed by atoms with Crippen molar-refractivity contribution in [3.8, 4) is 0 Å². The summed E-state index contributed by atoms with van der Waals surface area (Å²) in [7, 11) is -8.23. The minimum atomic E-state index is -4.11. The van der Waals surface area contributed by atoms with Gasteiger partial charge in [0.1, 0.15) is 0 Å². The monoisotopic (exact) mass is 286 g/mol. The summed E-state index contributed by atoms with van der Waals surface area (Å²) < 4.78 is 49.5. The first kappa shape index (κ1) is 16.4. The van der Waals surface area contributed by atoms with Crippen LogP contribution in [0.25, 0.3) is 0 Å². The fourth-order valence-corrected chi connectivity index (χ4v) is 5.24. The van der Waals surface area contributed by atoms with E-state index in [1.54, 1.807) is 0 Å². The van der Waals surface area contributed by atoms with Gasteiger partial charge in [-0.15, -0.1) is 0 Å². The van der Waals surface area contributed by atoms with E-state index in [4.69, 9.17) is 0 Å². The Bertz CT molecular complexity index is 440. The van der Waals surface area contributed by atoms with Crippen molar-refractivity contribution in [2.24, 2.45) is 0 Å². The summed E-state index contributed by atoms with van der Waals surface area (Å²) in [6.45, 7) is 4.88. The first-order valence-electron chi connectivity index (χ1n) is 5.22. The molecule has 0 atom stereocenters. The SMILES string of the molecule is CCOC(=O)C(C)(S(=O)(=O)CC)S(=O)(=O)CC. The summed E-state index contributed by atoms with van der Waals surface area (Å²) in [5.74, 6) is -2.12. The summed E-state index contributed by atoms with van der Waals surface area (Å²) in [4.78, 5) is 11.7. The molecule has 0 unspecified atom stereocenters. The highest BCUT2D eigenvalue weighted by atomic mass is 32.3. The third kappa shape index (κ3) is 2.62. The smallest absolute Gasteiger partial charge is 0.342 e. The Kier molecular flexibility index (Phi) is 5.15. The number of carbonyl (C=O) groups is 1. The average Bonchev–Trinajstić information content (AvgIpc) is 2.27. The van der Waals surface area contributed by atoms with Crippen molar-refractivity contribution >= 4 is 25.6 Å². The first-order chi connectivity index (χ1) is 7.60. The molecule has 0 aromatic carbocycles. The lowest BCUT2D eigenvalue weighted by molar-refractivity contribution is -0.143. The molecule has 0 saturated heterocycles. The predicted molar refractivity (Wildman–Crippen MR) is 64.0 cm³/mol. The number of sulfone groups is 2. The molecule has 0 spiro atoms. The minimum Gasteiger partial charge on any atom is -0.464 e. The topological polar surface area (TPSA) is 94.6 Å². The molecule has 0 saturated carbocycles. The predicted octanol–water partition coefficient (Wildman–Crippen LogP) is 0.135. The molecule has 0 aliphatic rings. The zero-order valence-corrected chi connectivity index (χ0v) is 12.0. The molecule has 6 nitrogen and oxygen atoms in total. The fourth-order valence-electron chi connectivity index (χ4n) is 1.26. The van der Waals surface area contributed by atoms with Crippen molar-refractivity contribution in [1.82, 2.24) is 0 Å². The standard InChI is InChI=1S/C9H18O6S2/c1-5-15-8(10)9(4,16(11,12)6-2)17(13,14)7-3/h5-7H2,1-4H3. The molecule has 0 aliphatic heterocycles. The van der Waals surface area contributed by atoms with E-state index in [2.05, 4.69) is 4.74 Å². The van der Waals surface area contributed by atoms with Crippen LogP contribution in [0.15, 0.2) is 0 Å². The quantitative estimate of drug-likeness (QED) is 0.644. The molecule has 0 aromatic rings. The lowest BCUT2D eigenvalue weighted by Crippen LogP contribution is -2.52. The van der Waals surface area contributed by atoms with Gasteiger partial charge < -0.3 is 4.74 Å². The van der Waals surface area contributed by atoms with Crippen LogP contribution in [0.4, 0.5) is 0 Å². The highest BCUT2D eigenvalue weighted by Gasteiger charge is 2.56. The Morgan fingerprint density at radius 3 is 1.59 bits per heavy atom. The van der Waals surface area contributed by atoms with Crippen molar-refractivity contribution in [3.05, 3.63) is 0 Å². The molecule has 0 aromatic heterocycles. The molecule has 102 valence electrons. The number of hydrogen-bond acceptors (Lipinski definition) is 6. The molecule has 0 bridgehead atoms. The van der Waals surface area contributed by atoms with E-state index in [-0.39, 0.29) is 6.61 Å². The molecular weight excluding hydrogens is 268 g/mol. The van der Waals surface area contributed by atoms with E-state index in [9.17, 15) is 21.6 Å². The van der Waals surface area contributed by atoms with E-state index >= 15 is 0 Å². The lowest BCUT2D eigenvalue weighted by atomic mass is 10.5. The second-order valence-corrected chi connectivity index (χ2v) is 8.98. The number of hydrogen-bond donors (Lipinski definition) is 0. The Hall–Kier alpha value is -0.630. The Labute approximate surface area is 102 Å². The zero-order chi connectivity index (χ0) is 13.9. The van der Waals surface area contributed by atoms with Crippen molar-refractivity contribution in [2.45, 2.75) is 31.8 Å². The van der Waals surface area contributed by atoms with Gasteiger partial charge >= 0.3 is 5.97 Å². The minimum absolute atomic E-state index is 0.0765. The van der Waals surface area contributed by atoms with Crippen LogP contribution in [0.2, 0.25) is 0 Å². The third-order valence-corrected chi connectivity index (χ3v) is 8.34. The Balaban J connectivity index is 5.99. The van der Waals surface area contributed by atoms with Gasteiger partial charge in [0.15, 0.2) is 19.7 Å². The number of carbonyl (C=O) groups excluding carboxylic acids is 1. The number of rotatable bonds is 6. The second-order valence-electron chi connectivity index (χ2n) is 3.47. The number of ether oxygens (including phenoxy) is 1. The summed E-state index contributed by atoms with van der Waals surface area (Å²) >= 11 is 0. The van der Waals surface area contributed by atoms with E-state index in [0.29, 0.717) is 0 Å². The average molecular weight is 286 g/mol. The van der Waals surface area contributed by atoms with Gasteiger partial charge in [0.05, 0.1) is 6.61 Å². The van der Waals surface area contributed by atoms with E-state index < -0.39 is 41.2 Å². The summed E-state index contributed by atoms with van der Waals surface area (Å²) in [5, 5.41) is 0. The molecular formula is C9H18O6S2. The second kappa shape index (κ2) is 5.34. The van der Waals surface area contributed by atoms with Crippen LogP contribution >= 0.6 is 0 Å². The van der Waals surface area contributed by atoms with Gasteiger partial charge in [-0.1, -0.05) is 13.8 Å². The van der Waals surface area contributed by atoms with Crippen molar-refractivity contribution < 1.29 is 26.4 Å².